The van der Waals surface area contributed by atoms with Gasteiger partial charge in [-0.05, 0) is 66.2 Å². The van der Waals surface area contributed by atoms with E-state index < -0.39 is 25.2 Å². The van der Waals surface area contributed by atoms with E-state index in [2.05, 4.69) is 49.9 Å². The minimum absolute atomic E-state index is 0.0906. The third-order valence-electron chi connectivity index (χ3n) is 8.56. The molecule has 1 aliphatic carbocycles. The summed E-state index contributed by atoms with van der Waals surface area (Å²) in [5.41, 5.74) is 2.18. The van der Waals surface area contributed by atoms with Crippen LogP contribution in [0.3, 0.4) is 0 Å². The standard InChI is InChI=1S/C33H43N5O5Si/c1-31(2)10-8-23(9-11-31)28-27(7-6-26(36-28)24-16-32(20-39)12-13-33(17-24,21-40)43-32)37-30(41)29-35-25(18-34)19-38(29)22-42-14-15-44(3,4)5/h6-8,12-13,16,19,39-40H,9-11,14-15,17,20-22H2,1-5H3,(H,37,41). The van der Waals surface area contributed by atoms with Gasteiger partial charge in [0, 0.05) is 27.3 Å². The number of fused-ring (bicyclic) bond motifs is 2. The van der Waals surface area contributed by atoms with Gasteiger partial charge in [-0.15, -0.1) is 0 Å². The summed E-state index contributed by atoms with van der Waals surface area (Å²) in [5.74, 6) is -0.369. The Morgan fingerprint density at radius 1 is 1.18 bits per heavy atom. The average Bonchev–Trinajstić information content (AvgIpc) is 3.53. The van der Waals surface area contributed by atoms with Crippen LogP contribution >= 0.6 is 0 Å². The Bertz CT molecular complexity index is 1560. The first-order valence-corrected chi connectivity index (χ1v) is 18.9. The van der Waals surface area contributed by atoms with Crippen molar-refractivity contribution >= 4 is 30.8 Å². The minimum atomic E-state index is -1.28. The molecule has 0 fully saturated rings. The van der Waals surface area contributed by atoms with Crippen LogP contribution < -0.4 is 5.32 Å². The SMILES string of the molecule is CC1(C)CC=C(c2nc(C3=CC4(CO)C=CC(CO)(C3)O4)ccc2NC(=O)c2nc(C#N)cn2COCC[Si](C)(C)C)CC1. The van der Waals surface area contributed by atoms with Gasteiger partial charge in [0.15, 0.2) is 5.69 Å². The number of allylic oxidation sites excluding steroid dienone is 2. The van der Waals surface area contributed by atoms with Crippen LogP contribution in [0, 0.1) is 16.7 Å². The highest BCUT2D eigenvalue weighted by molar-refractivity contribution is 6.76. The number of carbonyl (C=O) groups is 1. The molecule has 3 N–H and O–H groups in total. The Labute approximate surface area is 260 Å². The Morgan fingerprint density at radius 3 is 2.64 bits per heavy atom. The predicted molar refractivity (Wildman–Crippen MR) is 171 cm³/mol. The Balaban J connectivity index is 1.46. The molecular weight excluding hydrogens is 574 g/mol. The molecule has 44 heavy (non-hydrogen) atoms. The van der Waals surface area contributed by atoms with Crippen molar-refractivity contribution in [1.29, 1.82) is 5.26 Å². The number of nitrogens with zero attached hydrogens (tertiary/aromatic N) is 4. The number of ether oxygens (including phenoxy) is 2. The van der Waals surface area contributed by atoms with Gasteiger partial charge in [-0.2, -0.15) is 5.26 Å². The van der Waals surface area contributed by atoms with Crippen LogP contribution in [0.1, 0.15) is 67.2 Å². The zero-order valence-corrected chi connectivity index (χ0v) is 27.3. The number of nitrogens with one attached hydrogen (secondary N) is 1. The van der Waals surface area contributed by atoms with Gasteiger partial charge in [-0.1, -0.05) is 45.6 Å². The molecule has 2 atom stereocenters. The predicted octanol–water partition coefficient (Wildman–Crippen LogP) is 5.14. The number of aromatic nitrogens is 3. The van der Waals surface area contributed by atoms with Crippen LogP contribution in [0.25, 0.3) is 11.1 Å². The molecule has 10 nitrogen and oxygen atoms in total. The lowest BCUT2D eigenvalue weighted by Gasteiger charge is -2.37. The van der Waals surface area contributed by atoms with E-state index in [1.165, 1.54) is 6.20 Å². The monoisotopic (exact) mass is 617 g/mol. The van der Waals surface area contributed by atoms with Gasteiger partial charge in [0.05, 0.1) is 30.3 Å². The number of imidazole rings is 1. The van der Waals surface area contributed by atoms with Crippen LogP contribution in [0.4, 0.5) is 5.69 Å². The highest BCUT2D eigenvalue weighted by atomic mass is 28.3. The van der Waals surface area contributed by atoms with Gasteiger partial charge in [-0.25, -0.2) is 9.97 Å². The molecule has 2 unspecified atom stereocenters. The van der Waals surface area contributed by atoms with E-state index in [0.29, 0.717) is 30.1 Å². The third-order valence-corrected chi connectivity index (χ3v) is 10.3. The number of aliphatic hydroxyl groups excluding tert-OH is 2. The van der Waals surface area contributed by atoms with E-state index in [-0.39, 0.29) is 36.9 Å². The number of rotatable bonds is 11. The maximum Gasteiger partial charge on any atom is 0.291 e. The lowest BCUT2D eigenvalue weighted by molar-refractivity contribution is -0.109. The fraction of sp³-hybridized carbons (Fsp3) is 0.515. The molecule has 2 aromatic heterocycles. The molecule has 2 aliphatic heterocycles. The molecule has 0 saturated carbocycles. The number of hydrogen-bond acceptors (Lipinski definition) is 8. The fourth-order valence-corrected chi connectivity index (χ4v) is 6.52. The molecule has 1 amide bonds. The van der Waals surface area contributed by atoms with E-state index in [4.69, 9.17) is 14.5 Å². The second-order valence-corrected chi connectivity index (χ2v) is 19.8. The topological polar surface area (TPSA) is 143 Å². The van der Waals surface area contributed by atoms with Crippen molar-refractivity contribution in [1.82, 2.24) is 14.5 Å². The molecule has 4 heterocycles. The molecule has 0 aromatic carbocycles. The molecule has 234 valence electrons. The maximum atomic E-state index is 13.6. The van der Waals surface area contributed by atoms with Crippen molar-refractivity contribution in [2.24, 2.45) is 5.41 Å². The first kappa shape index (κ1) is 32.0. The molecular formula is C33H43N5O5Si. The number of nitriles is 1. The van der Waals surface area contributed by atoms with Gasteiger partial charge in [0.1, 0.15) is 24.0 Å². The first-order chi connectivity index (χ1) is 20.8. The number of aliphatic hydroxyl groups is 2. The summed E-state index contributed by atoms with van der Waals surface area (Å²) in [6, 6.07) is 6.68. The van der Waals surface area contributed by atoms with Crippen LogP contribution in [0.2, 0.25) is 25.7 Å². The van der Waals surface area contributed by atoms with Crippen LogP contribution in [0.5, 0.6) is 0 Å². The Hall–Kier alpha value is -3.40. The zero-order chi connectivity index (χ0) is 31.8. The largest absolute Gasteiger partial charge is 0.393 e. The average molecular weight is 618 g/mol. The van der Waals surface area contributed by atoms with Crippen LogP contribution in [-0.2, 0) is 16.2 Å². The van der Waals surface area contributed by atoms with Gasteiger partial charge in [0.25, 0.3) is 5.91 Å². The molecule has 0 saturated heterocycles. The Morgan fingerprint density at radius 2 is 1.98 bits per heavy atom. The van der Waals surface area contributed by atoms with Crippen molar-refractivity contribution in [3.8, 4) is 6.07 Å². The van der Waals surface area contributed by atoms with Crippen molar-refractivity contribution in [3.63, 3.8) is 0 Å². The number of carbonyl (C=O) groups excluding carboxylic acids is 1. The number of amides is 1. The lowest BCUT2D eigenvalue weighted by atomic mass is 9.77. The molecule has 0 spiro atoms. The summed E-state index contributed by atoms with van der Waals surface area (Å²) >= 11 is 0. The van der Waals surface area contributed by atoms with E-state index >= 15 is 0 Å². The Kier molecular flexibility index (Phi) is 8.86. The van der Waals surface area contributed by atoms with E-state index in [1.54, 1.807) is 10.6 Å². The lowest BCUT2D eigenvalue weighted by Crippen LogP contribution is -2.44. The molecule has 3 aliphatic rings. The number of hydrogen-bond donors (Lipinski definition) is 3. The summed E-state index contributed by atoms with van der Waals surface area (Å²) in [7, 11) is -1.28. The molecule has 5 rings (SSSR count). The van der Waals surface area contributed by atoms with E-state index in [1.807, 2.05) is 30.4 Å². The molecule has 11 heteroatoms. The summed E-state index contributed by atoms with van der Waals surface area (Å²) in [5, 5.41) is 32.8. The van der Waals surface area contributed by atoms with Gasteiger partial charge in [0.2, 0.25) is 5.82 Å². The van der Waals surface area contributed by atoms with E-state index in [9.17, 15) is 20.3 Å². The normalized spacial score (nSPS) is 24.0. The van der Waals surface area contributed by atoms with Crippen molar-refractivity contribution in [2.45, 2.75) is 83.1 Å². The highest BCUT2D eigenvalue weighted by Gasteiger charge is 2.47. The summed E-state index contributed by atoms with van der Waals surface area (Å²) in [6.07, 6.45) is 12.3. The summed E-state index contributed by atoms with van der Waals surface area (Å²) < 4.78 is 13.5. The van der Waals surface area contributed by atoms with Crippen LogP contribution in [-0.4, -0.2) is 69.8 Å². The van der Waals surface area contributed by atoms with Crippen molar-refractivity contribution < 1.29 is 24.5 Å². The van der Waals surface area contributed by atoms with Gasteiger partial charge in [-0.3, -0.25) is 4.79 Å². The zero-order valence-electron chi connectivity index (χ0n) is 26.3. The van der Waals surface area contributed by atoms with E-state index in [0.717, 1.165) is 36.5 Å². The summed E-state index contributed by atoms with van der Waals surface area (Å²) in [4.78, 5) is 23.0. The van der Waals surface area contributed by atoms with Crippen molar-refractivity contribution in [3.05, 3.63) is 65.5 Å². The highest BCUT2D eigenvalue weighted by Crippen LogP contribution is 2.45. The second kappa shape index (κ2) is 12.2. The molecule has 2 aromatic rings. The summed E-state index contributed by atoms with van der Waals surface area (Å²) in [6.45, 7) is 11.5. The number of pyridine rings is 1. The first-order valence-electron chi connectivity index (χ1n) is 15.2. The molecule has 2 bridgehead atoms. The molecule has 0 radical (unpaired) electrons. The fourth-order valence-electron chi connectivity index (χ4n) is 5.76. The van der Waals surface area contributed by atoms with Gasteiger partial charge < -0.3 is 29.6 Å². The van der Waals surface area contributed by atoms with Crippen molar-refractivity contribution in [2.75, 3.05) is 25.1 Å². The van der Waals surface area contributed by atoms with Gasteiger partial charge >= 0.3 is 0 Å². The smallest absolute Gasteiger partial charge is 0.291 e. The maximum absolute atomic E-state index is 13.6. The minimum Gasteiger partial charge on any atom is -0.393 e. The third kappa shape index (κ3) is 6.95. The second-order valence-electron chi connectivity index (χ2n) is 14.1. The quantitative estimate of drug-likeness (QED) is 0.179. The number of anilines is 1. The van der Waals surface area contributed by atoms with Crippen LogP contribution in [0.15, 0.2) is 42.6 Å².